The van der Waals surface area contributed by atoms with Crippen molar-refractivity contribution in [3.05, 3.63) is 18.0 Å². The molecule has 0 aromatic carbocycles. The predicted octanol–water partition coefficient (Wildman–Crippen LogP) is 1.72. The summed E-state index contributed by atoms with van der Waals surface area (Å²) in [4.78, 5) is 0. The van der Waals surface area contributed by atoms with E-state index in [1.54, 1.807) is 0 Å². The molecule has 2 heterocycles. The number of nitrogens with one attached hydrogen (secondary N) is 1. The maximum Gasteiger partial charge on any atom is 0.178 e. The molecule has 2 N–H and O–H groups in total. The van der Waals surface area contributed by atoms with Gasteiger partial charge in [-0.15, -0.1) is 15.3 Å². The quantitative estimate of drug-likeness (QED) is 0.890. The van der Waals surface area contributed by atoms with Crippen molar-refractivity contribution in [3.63, 3.8) is 0 Å². The van der Waals surface area contributed by atoms with E-state index in [0.717, 1.165) is 43.0 Å². The number of hydrogen-bond donors (Lipinski definition) is 2. The molecule has 0 bridgehead atoms. The van der Waals surface area contributed by atoms with Crippen LogP contribution < -0.4 is 5.32 Å². The van der Waals surface area contributed by atoms with Gasteiger partial charge in [0.05, 0.1) is 12.1 Å². The van der Waals surface area contributed by atoms with Gasteiger partial charge in [0.1, 0.15) is 5.82 Å². The summed E-state index contributed by atoms with van der Waals surface area (Å²) in [6.45, 7) is 0. The molecule has 106 valence electrons. The van der Waals surface area contributed by atoms with E-state index >= 15 is 0 Å². The monoisotopic (exact) mass is 273 g/mol. The van der Waals surface area contributed by atoms with Crippen molar-refractivity contribution < 1.29 is 5.11 Å². The normalized spacial score (nSPS) is 26.9. The largest absolute Gasteiger partial charge is 0.391 e. The Morgan fingerprint density at radius 2 is 1.95 bits per heavy atom. The maximum atomic E-state index is 10.0. The van der Waals surface area contributed by atoms with Crippen molar-refractivity contribution >= 4 is 11.5 Å². The van der Waals surface area contributed by atoms with Gasteiger partial charge in [-0.3, -0.25) is 0 Å². The van der Waals surface area contributed by atoms with E-state index < -0.39 is 0 Å². The number of nitrogens with zero attached hydrogens (tertiary/aromatic N) is 4. The molecule has 0 spiro atoms. The Morgan fingerprint density at radius 1 is 1.10 bits per heavy atom. The molecule has 0 radical (unpaired) electrons. The zero-order valence-corrected chi connectivity index (χ0v) is 11.4. The highest BCUT2D eigenvalue weighted by molar-refractivity contribution is 5.45. The molecule has 6 heteroatoms. The van der Waals surface area contributed by atoms with Crippen molar-refractivity contribution in [1.29, 1.82) is 0 Å². The summed E-state index contributed by atoms with van der Waals surface area (Å²) in [6.07, 6.45) is 6.24. The second kappa shape index (κ2) is 4.70. The zero-order chi connectivity index (χ0) is 13.5. The first-order valence-corrected chi connectivity index (χ1v) is 7.48. The van der Waals surface area contributed by atoms with Gasteiger partial charge in [0.15, 0.2) is 11.5 Å². The summed E-state index contributed by atoms with van der Waals surface area (Å²) in [5.74, 6) is 2.28. The fourth-order valence-corrected chi connectivity index (χ4v) is 2.95. The third-order valence-corrected chi connectivity index (χ3v) is 4.29. The molecule has 0 aliphatic heterocycles. The van der Waals surface area contributed by atoms with Crippen molar-refractivity contribution in [3.8, 4) is 0 Å². The number of aromatic nitrogens is 4. The lowest BCUT2D eigenvalue weighted by molar-refractivity contribution is 0.116. The molecule has 2 saturated carbocycles. The van der Waals surface area contributed by atoms with Crippen LogP contribution in [-0.2, 0) is 0 Å². The average Bonchev–Trinajstić information content (AvgIpc) is 3.22. The van der Waals surface area contributed by atoms with Crippen LogP contribution in [0, 0.1) is 0 Å². The van der Waals surface area contributed by atoms with Crippen molar-refractivity contribution in [2.75, 3.05) is 5.32 Å². The first kappa shape index (κ1) is 12.1. The van der Waals surface area contributed by atoms with Gasteiger partial charge in [-0.25, -0.2) is 0 Å². The van der Waals surface area contributed by atoms with Gasteiger partial charge in [0, 0.05) is 5.92 Å². The highest BCUT2D eigenvalue weighted by Crippen LogP contribution is 2.38. The molecule has 6 nitrogen and oxygen atoms in total. The Labute approximate surface area is 117 Å². The molecule has 0 amide bonds. The van der Waals surface area contributed by atoms with E-state index in [1.165, 1.54) is 12.8 Å². The van der Waals surface area contributed by atoms with Crippen LogP contribution in [0.1, 0.15) is 50.3 Å². The Morgan fingerprint density at radius 3 is 2.75 bits per heavy atom. The smallest absolute Gasteiger partial charge is 0.178 e. The van der Waals surface area contributed by atoms with Gasteiger partial charge in [-0.2, -0.15) is 4.52 Å². The first-order valence-electron chi connectivity index (χ1n) is 7.48. The lowest BCUT2D eigenvalue weighted by atomic mass is 9.93. The standard InChI is InChI=1S/C14H19N5O/c20-11-4-2-1-3-10(11)15-12-7-8-13-16-17-14(9-5-6-9)19(13)18-12/h7-11,20H,1-6H2,(H,15,18)/t10-,11+/m0/s1. The van der Waals surface area contributed by atoms with E-state index in [-0.39, 0.29) is 12.1 Å². The van der Waals surface area contributed by atoms with Crippen LogP contribution in [0.5, 0.6) is 0 Å². The molecule has 2 aliphatic carbocycles. The number of aliphatic hydroxyl groups is 1. The summed E-state index contributed by atoms with van der Waals surface area (Å²) < 4.78 is 1.84. The summed E-state index contributed by atoms with van der Waals surface area (Å²) in [7, 11) is 0. The van der Waals surface area contributed by atoms with Crippen LogP contribution in [0.4, 0.5) is 5.82 Å². The van der Waals surface area contributed by atoms with Crippen LogP contribution in [0.25, 0.3) is 5.65 Å². The molecular formula is C14H19N5O. The second-order valence-corrected chi connectivity index (χ2v) is 5.92. The number of fused-ring (bicyclic) bond motifs is 1. The van der Waals surface area contributed by atoms with E-state index in [2.05, 4.69) is 20.6 Å². The molecule has 2 aromatic heterocycles. The summed E-state index contributed by atoms with van der Waals surface area (Å²) in [6, 6.07) is 3.96. The summed E-state index contributed by atoms with van der Waals surface area (Å²) >= 11 is 0. The number of aliphatic hydroxyl groups excluding tert-OH is 1. The van der Waals surface area contributed by atoms with Crippen molar-refractivity contribution in [2.24, 2.45) is 0 Å². The Kier molecular flexibility index (Phi) is 2.84. The molecule has 0 unspecified atom stereocenters. The van der Waals surface area contributed by atoms with Gasteiger partial charge >= 0.3 is 0 Å². The predicted molar refractivity (Wildman–Crippen MR) is 74.6 cm³/mol. The molecule has 4 rings (SSSR count). The lowest BCUT2D eigenvalue weighted by Gasteiger charge is -2.28. The Bertz CT molecular complexity index is 621. The molecule has 20 heavy (non-hydrogen) atoms. The third kappa shape index (κ3) is 2.14. The highest BCUT2D eigenvalue weighted by atomic mass is 16.3. The van der Waals surface area contributed by atoms with Crippen LogP contribution >= 0.6 is 0 Å². The zero-order valence-electron chi connectivity index (χ0n) is 11.4. The lowest BCUT2D eigenvalue weighted by Crippen LogP contribution is -2.36. The van der Waals surface area contributed by atoms with E-state index in [9.17, 15) is 5.11 Å². The van der Waals surface area contributed by atoms with Crippen molar-refractivity contribution in [1.82, 2.24) is 19.8 Å². The second-order valence-electron chi connectivity index (χ2n) is 5.92. The SMILES string of the molecule is O[C@@H]1CCCC[C@@H]1Nc1ccc2nnc(C3CC3)n2n1. The number of hydrogen-bond acceptors (Lipinski definition) is 5. The fraction of sp³-hybridized carbons (Fsp3) is 0.643. The number of anilines is 1. The summed E-state index contributed by atoms with van der Waals surface area (Å²) in [5.41, 5.74) is 0.793. The Hall–Kier alpha value is -1.69. The highest BCUT2D eigenvalue weighted by Gasteiger charge is 2.29. The topological polar surface area (TPSA) is 75.3 Å². The van der Waals surface area contributed by atoms with Crippen molar-refractivity contribution in [2.45, 2.75) is 56.6 Å². The minimum atomic E-state index is -0.273. The minimum Gasteiger partial charge on any atom is -0.391 e. The number of rotatable bonds is 3. The van der Waals surface area contributed by atoms with E-state index in [1.807, 2.05) is 16.6 Å². The Balaban J connectivity index is 1.61. The van der Waals surface area contributed by atoms with E-state index in [4.69, 9.17) is 0 Å². The first-order chi connectivity index (χ1) is 9.81. The molecule has 0 saturated heterocycles. The van der Waals surface area contributed by atoms with Crippen LogP contribution in [-0.4, -0.2) is 37.1 Å². The van der Waals surface area contributed by atoms with Crippen LogP contribution in [0.15, 0.2) is 12.1 Å². The summed E-state index contributed by atoms with van der Waals surface area (Å²) in [5, 5.41) is 26.4. The molecule has 2 atom stereocenters. The van der Waals surface area contributed by atoms with Crippen LogP contribution in [0.2, 0.25) is 0 Å². The minimum absolute atomic E-state index is 0.106. The van der Waals surface area contributed by atoms with Gasteiger partial charge < -0.3 is 10.4 Å². The van der Waals surface area contributed by atoms with E-state index in [0.29, 0.717) is 5.92 Å². The molecule has 2 aliphatic rings. The molecular weight excluding hydrogens is 254 g/mol. The van der Waals surface area contributed by atoms with Crippen LogP contribution in [0.3, 0.4) is 0 Å². The fourth-order valence-electron chi connectivity index (χ4n) is 2.95. The van der Waals surface area contributed by atoms with Gasteiger partial charge in [0.25, 0.3) is 0 Å². The average molecular weight is 273 g/mol. The molecule has 2 aromatic rings. The van der Waals surface area contributed by atoms with Gasteiger partial charge in [0.2, 0.25) is 0 Å². The van der Waals surface area contributed by atoms with Gasteiger partial charge in [-0.1, -0.05) is 12.8 Å². The molecule has 2 fully saturated rings. The van der Waals surface area contributed by atoms with Gasteiger partial charge in [-0.05, 0) is 37.8 Å². The third-order valence-electron chi connectivity index (χ3n) is 4.29. The maximum absolute atomic E-state index is 10.0.